The predicted molar refractivity (Wildman–Crippen MR) is 82.7 cm³/mol. The lowest BCUT2D eigenvalue weighted by atomic mass is 10.2. The van der Waals surface area contributed by atoms with Crippen LogP contribution in [0.25, 0.3) is 0 Å². The Labute approximate surface area is 125 Å². The van der Waals surface area contributed by atoms with Crippen molar-refractivity contribution in [1.29, 1.82) is 0 Å². The molecule has 1 atom stereocenters. The van der Waals surface area contributed by atoms with E-state index in [1.807, 2.05) is 6.92 Å². The third kappa shape index (κ3) is 6.01. The minimum Gasteiger partial charge on any atom is -0.495 e. The molecule has 1 unspecified atom stereocenters. The minimum atomic E-state index is -0.824. The molecule has 0 aliphatic carbocycles. The average molecular weight is 296 g/mol. The molecule has 0 spiro atoms. The van der Waals surface area contributed by atoms with E-state index in [4.69, 9.17) is 9.84 Å². The molecule has 21 heavy (non-hydrogen) atoms. The van der Waals surface area contributed by atoms with Gasteiger partial charge in [-0.1, -0.05) is 13.3 Å². The normalized spacial score (nSPS) is 11.8. The molecule has 0 heterocycles. The van der Waals surface area contributed by atoms with Gasteiger partial charge in [0.2, 0.25) is 5.91 Å². The van der Waals surface area contributed by atoms with E-state index in [2.05, 4.69) is 10.6 Å². The first-order chi connectivity index (χ1) is 10.1. The van der Waals surface area contributed by atoms with E-state index in [1.165, 1.54) is 0 Å². The Morgan fingerprint density at radius 2 is 2.19 bits per heavy atom. The maximum absolute atomic E-state index is 11.8. The SMILES string of the molecule is CCCCC(=O)Nc1cc(NCC(O)CO)ccc1OC. The summed E-state index contributed by atoms with van der Waals surface area (Å²) in [5, 5.41) is 23.9. The zero-order chi connectivity index (χ0) is 15.7. The van der Waals surface area contributed by atoms with Crippen molar-refractivity contribution < 1.29 is 19.7 Å². The second-order valence-electron chi connectivity index (χ2n) is 4.78. The zero-order valence-electron chi connectivity index (χ0n) is 12.6. The Balaban J connectivity index is 2.73. The van der Waals surface area contributed by atoms with Crippen molar-refractivity contribution in [2.45, 2.75) is 32.3 Å². The number of carbonyl (C=O) groups excluding carboxylic acids is 1. The number of hydrogen-bond donors (Lipinski definition) is 4. The van der Waals surface area contributed by atoms with Gasteiger partial charge < -0.3 is 25.6 Å². The van der Waals surface area contributed by atoms with Gasteiger partial charge in [0.15, 0.2) is 0 Å². The summed E-state index contributed by atoms with van der Waals surface area (Å²) in [6, 6.07) is 5.26. The summed E-state index contributed by atoms with van der Waals surface area (Å²) >= 11 is 0. The number of anilines is 2. The van der Waals surface area contributed by atoms with Crippen LogP contribution in [-0.4, -0.2) is 42.5 Å². The second kappa shape index (κ2) is 9.20. The number of nitrogens with one attached hydrogen (secondary N) is 2. The van der Waals surface area contributed by atoms with Gasteiger partial charge in [0, 0.05) is 18.7 Å². The van der Waals surface area contributed by atoms with Gasteiger partial charge in [0.05, 0.1) is 25.5 Å². The molecule has 4 N–H and O–H groups in total. The summed E-state index contributed by atoms with van der Waals surface area (Å²) in [5.41, 5.74) is 1.32. The molecule has 118 valence electrons. The molecule has 0 saturated heterocycles. The molecule has 0 radical (unpaired) electrons. The molecule has 1 aromatic carbocycles. The standard InChI is InChI=1S/C15H24N2O4/c1-3-4-5-15(20)17-13-8-11(6-7-14(13)21-2)16-9-12(19)10-18/h6-8,12,16,18-19H,3-5,9-10H2,1-2H3,(H,17,20). The highest BCUT2D eigenvalue weighted by Gasteiger charge is 2.09. The van der Waals surface area contributed by atoms with Crippen LogP contribution in [0.4, 0.5) is 11.4 Å². The molecule has 0 bridgehead atoms. The van der Waals surface area contributed by atoms with Crippen LogP contribution in [0.2, 0.25) is 0 Å². The van der Waals surface area contributed by atoms with E-state index in [0.29, 0.717) is 17.9 Å². The number of benzene rings is 1. The van der Waals surface area contributed by atoms with E-state index in [9.17, 15) is 9.90 Å². The molecular formula is C15H24N2O4. The van der Waals surface area contributed by atoms with Crippen LogP contribution in [0.5, 0.6) is 5.75 Å². The van der Waals surface area contributed by atoms with Gasteiger partial charge in [-0.2, -0.15) is 0 Å². The van der Waals surface area contributed by atoms with Crippen molar-refractivity contribution in [3.63, 3.8) is 0 Å². The van der Waals surface area contributed by atoms with Crippen LogP contribution in [0, 0.1) is 0 Å². The Kier molecular flexibility index (Phi) is 7.56. The lowest BCUT2D eigenvalue weighted by molar-refractivity contribution is -0.116. The first-order valence-electron chi connectivity index (χ1n) is 7.11. The highest BCUT2D eigenvalue weighted by Crippen LogP contribution is 2.28. The topological polar surface area (TPSA) is 90.8 Å². The van der Waals surface area contributed by atoms with Gasteiger partial charge in [0.25, 0.3) is 0 Å². The number of rotatable bonds is 9. The van der Waals surface area contributed by atoms with Gasteiger partial charge in [-0.3, -0.25) is 4.79 Å². The molecule has 0 aromatic heterocycles. The van der Waals surface area contributed by atoms with Crippen LogP contribution >= 0.6 is 0 Å². The third-order valence-corrected chi connectivity index (χ3v) is 2.98. The number of methoxy groups -OCH3 is 1. The fraction of sp³-hybridized carbons (Fsp3) is 0.533. The van der Waals surface area contributed by atoms with Crippen molar-refractivity contribution in [2.24, 2.45) is 0 Å². The van der Waals surface area contributed by atoms with Gasteiger partial charge in [0.1, 0.15) is 5.75 Å². The molecule has 6 nitrogen and oxygen atoms in total. The van der Waals surface area contributed by atoms with Crippen LogP contribution < -0.4 is 15.4 Å². The van der Waals surface area contributed by atoms with Crippen LogP contribution in [-0.2, 0) is 4.79 Å². The third-order valence-electron chi connectivity index (χ3n) is 2.98. The first-order valence-corrected chi connectivity index (χ1v) is 7.11. The van der Waals surface area contributed by atoms with Gasteiger partial charge in [-0.15, -0.1) is 0 Å². The Bertz CT molecular complexity index is 451. The molecule has 1 aromatic rings. The summed E-state index contributed by atoms with van der Waals surface area (Å²) in [6.45, 7) is 1.96. The summed E-state index contributed by atoms with van der Waals surface area (Å²) in [7, 11) is 1.54. The number of aliphatic hydroxyl groups is 2. The highest BCUT2D eigenvalue weighted by molar-refractivity contribution is 5.92. The lowest BCUT2D eigenvalue weighted by Crippen LogP contribution is -2.23. The molecule has 0 aliphatic heterocycles. The largest absolute Gasteiger partial charge is 0.495 e. The van der Waals surface area contributed by atoms with Crippen molar-refractivity contribution in [1.82, 2.24) is 0 Å². The number of ether oxygens (including phenoxy) is 1. The summed E-state index contributed by atoms with van der Waals surface area (Å²) in [4.78, 5) is 11.8. The Morgan fingerprint density at radius 3 is 2.81 bits per heavy atom. The van der Waals surface area contributed by atoms with Crippen LogP contribution in [0.1, 0.15) is 26.2 Å². The molecule has 1 amide bonds. The van der Waals surface area contributed by atoms with E-state index in [1.54, 1.807) is 25.3 Å². The highest BCUT2D eigenvalue weighted by atomic mass is 16.5. The van der Waals surface area contributed by atoms with E-state index < -0.39 is 6.10 Å². The van der Waals surface area contributed by atoms with Gasteiger partial charge in [-0.05, 0) is 24.6 Å². The fourth-order valence-corrected chi connectivity index (χ4v) is 1.77. The zero-order valence-corrected chi connectivity index (χ0v) is 12.6. The Morgan fingerprint density at radius 1 is 1.43 bits per heavy atom. The minimum absolute atomic E-state index is 0.0531. The number of carbonyl (C=O) groups is 1. The van der Waals surface area contributed by atoms with Gasteiger partial charge in [-0.25, -0.2) is 0 Å². The second-order valence-corrected chi connectivity index (χ2v) is 4.78. The van der Waals surface area contributed by atoms with Crippen LogP contribution in [0.3, 0.4) is 0 Å². The summed E-state index contributed by atoms with van der Waals surface area (Å²) in [5.74, 6) is 0.524. The summed E-state index contributed by atoms with van der Waals surface area (Å²) < 4.78 is 5.22. The maximum atomic E-state index is 11.8. The van der Waals surface area contributed by atoms with Crippen LogP contribution in [0.15, 0.2) is 18.2 Å². The smallest absolute Gasteiger partial charge is 0.224 e. The van der Waals surface area contributed by atoms with Crippen molar-refractivity contribution in [2.75, 3.05) is 30.9 Å². The molecule has 0 aliphatic rings. The fourth-order valence-electron chi connectivity index (χ4n) is 1.77. The van der Waals surface area contributed by atoms with E-state index in [0.717, 1.165) is 18.5 Å². The van der Waals surface area contributed by atoms with Gasteiger partial charge >= 0.3 is 0 Å². The monoisotopic (exact) mass is 296 g/mol. The lowest BCUT2D eigenvalue weighted by Gasteiger charge is -2.14. The number of unbranched alkanes of at least 4 members (excludes halogenated alkanes) is 1. The number of hydrogen-bond acceptors (Lipinski definition) is 5. The Hall–Kier alpha value is -1.79. The first kappa shape index (κ1) is 17.3. The quantitative estimate of drug-likeness (QED) is 0.555. The number of aliphatic hydroxyl groups excluding tert-OH is 2. The summed E-state index contributed by atoms with van der Waals surface area (Å²) in [6.07, 6.45) is 1.45. The average Bonchev–Trinajstić information content (AvgIpc) is 2.50. The number of amides is 1. The van der Waals surface area contributed by atoms with Crippen molar-refractivity contribution >= 4 is 17.3 Å². The van der Waals surface area contributed by atoms with E-state index >= 15 is 0 Å². The molecule has 0 fully saturated rings. The predicted octanol–water partition coefficient (Wildman–Crippen LogP) is 1.59. The van der Waals surface area contributed by atoms with Crippen molar-refractivity contribution in [3.05, 3.63) is 18.2 Å². The van der Waals surface area contributed by atoms with Crippen molar-refractivity contribution in [3.8, 4) is 5.75 Å². The molecular weight excluding hydrogens is 272 g/mol. The maximum Gasteiger partial charge on any atom is 0.224 e. The van der Waals surface area contributed by atoms with E-state index in [-0.39, 0.29) is 19.1 Å². The molecule has 6 heteroatoms. The molecule has 0 saturated carbocycles. The molecule has 1 rings (SSSR count).